The van der Waals surface area contributed by atoms with Crippen molar-refractivity contribution in [2.45, 2.75) is 24.8 Å². The second-order valence-electron chi connectivity index (χ2n) is 8.63. The first-order valence-electron chi connectivity index (χ1n) is 11.1. The lowest BCUT2D eigenvalue weighted by Crippen LogP contribution is -2.47. The van der Waals surface area contributed by atoms with E-state index < -0.39 is 5.41 Å². The molecule has 7 nitrogen and oxygen atoms in total. The van der Waals surface area contributed by atoms with Crippen molar-refractivity contribution in [1.29, 1.82) is 0 Å². The van der Waals surface area contributed by atoms with Crippen LogP contribution in [-0.4, -0.2) is 49.7 Å². The van der Waals surface area contributed by atoms with Crippen LogP contribution >= 0.6 is 11.9 Å². The van der Waals surface area contributed by atoms with Gasteiger partial charge in [0.05, 0.1) is 35.7 Å². The minimum Gasteiger partial charge on any atom is -0.304 e. The van der Waals surface area contributed by atoms with E-state index in [4.69, 9.17) is 4.98 Å². The molecule has 4 aromatic rings. The number of rotatable bonds is 4. The van der Waals surface area contributed by atoms with Crippen molar-refractivity contribution in [2.24, 2.45) is 0 Å². The number of fused-ring (bicyclic) bond motifs is 3. The number of piperidine rings is 1. The monoisotopic (exact) mass is 456 g/mol. The van der Waals surface area contributed by atoms with Crippen molar-refractivity contribution in [3.05, 3.63) is 72.6 Å². The van der Waals surface area contributed by atoms with E-state index in [1.54, 1.807) is 11.9 Å². The van der Waals surface area contributed by atoms with Crippen LogP contribution in [0, 0.1) is 0 Å². The molecule has 0 radical (unpaired) electrons. The molecular weight excluding hydrogens is 432 g/mol. The Labute approximate surface area is 196 Å². The quantitative estimate of drug-likeness (QED) is 0.464. The van der Waals surface area contributed by atoms with E-state index in [1.165, 1.54) is 0 Å². The first-order valence-corrected chi connectivity index (χ1v) is 12.3. The van der Waals surface area contributed by atoms with Gasteiger partial charge in [-0.2, -0.15) is 5.10 Å². The number of hydrogen-bond acceptors (Lipinski definition) is 6. The summed E-state index contributed by atoms with van der Waals surface area (Å²) in [6, 6.07) is 10.2. The molecule has 33 heavy (non-hydrogen) atoms. The predicted molar refractivity (Wildman–Crippen MR) is 131 cm³/mol. The second-order valence-corrected chi connectivity index (χ2v) is 9.51. The zero-order valence-electron chi connectivity index (χ0n) is 18.4. The topological polar surface area (TPSA) is 78.0 Å². The molecule has 1 amide bonds. The fraction of sp³-hybridized carbons (Fsp3) is 0.280. The number of aromatic amines is 1. The lowest BCUT2D eigenvalue weighted by Gasteiger charge is -2.37. The fourth-order valence-electron chi connectivity index (χ4n) is 5.36. The smallest absolute Gasteiger partial charge is 0.238 e. The average Bonchev–Trinajstić information content (AvgIpc) is 3.47. The second kappa shape index (κ2) is 7.97. The van der Waals surface area contributed by atoms with Crippen LogP contribution in [0.3, 0.4) is 0 Å². The summed E-state index contributed by atoms with van der Waals surface area (Å²) in [6.07, 6.45) is 13.0. The summed E-state index contributed by atoms with van der Waals surface area (Å²) in [5.41, 5.74) is 4.38. The Morgan fingerprint density at radius 2 is 1.97 bits per heavy atom. The van der Waals surface area contributed by atoms with Gasteiger partial charge in [-0.3, -0.25) is 24.2 Å². The molecule has 6 rings (SSSR count). The average molecular weight is 457 g/mol. The van der Waals surface area contributed by atoms with Gasteiger partial charge in [0, 0.05) is 48.2 Å². The first-order chi connectivity index (χ1) is 16.2. The maximum absolute atomic E-state index is 14.0. The minimum absolute atomic E-state index is 0.166. The Hall–Kier alpha value is -3.23. The molecule has 1 saturated heterocycles. The maximum atomic E-state index is 14.0. The molecule has 0 bridgehead atoms. The minimum atomic E-state index is -0.475. The van der Waals surface area contributed by atoms with Gasteiger partial charge in [0.25, 0.3) is 0 Å². The summed E-state index contributed by atoms with van der Waals surface area (Å²) >= 11 is 1.75. The van der Waals surface area contributed by atoms with E-state index >= 15 is 0 Å². The Morgan fingerprint density at radius 3 is 2.76 bits per heavy atom. The van der Waals surface area contributed by atoms with Crippen LogP contribution in [0.5, 0.6) is 0 Å². The highest BCUT2D eigenvalue weighted by Crippen LogP contribution is 2.49. The van der Waals surface area contributed by atoms with Crippen LogP contribution in [0.2, 0.25) is 0 Å². The van der Waals surface area contributed by atoms with Gasteiger partial charge < -0.3 is 4.90 Å². The van der Waals surface area contributed by atoms with Gasteiger partial charge in [0.1, 0.15) is 0 Å². The lowest BCUT2D eigenvalue weighted by molar-refractivity contribution is -0.124. The molecule has 0 saturated carbocycles. The van der Waals surface area contributed by atoms with Gasteiger partial charge in [-0.25, -0.2) is 0 Å². The van der Waals surface area contributed by atoms with Crippen molar-refractivity contribution in [2.75, 3.05) is 24.2 Å². The number of benzene rings is 1. The van der Waals surface area contributed by atoms with Gasteiger partial charge in [0.15, 0.2) is 0 Å². The highest BCUT2D eigenvalue weighted by atomic mass is 32.2. The maximum Gasteiger partial charge on any atom is 0.238 e. The van der Waals surface area contributed by atoms with Gasteiger partial charge in [-0.1, -0.05) is 36.2 Å². The van der Waals surface area contributed by atoms with E-state index in [0.717, 1.165) is 64.8 Å². The summed E-state index contributed by atoms with van der Waals surface area (Å²) in [7, 11) is 0. The lowest BCUT2D eigenvalue weighted by atomic mass is 9.74. The number of anilines is 1. The Kier molecular flexibility index (Phi) is 4.92. The molecule has 0 unspecified atom stereocenters. The Bertz CT molecular complexity index is 1330. The molecular formula is C25H24N6OS. The van der Waals surface area contributed by atoms with E-state index in [2.05, 4.69) is 37.9 Å². The zero-order valence-corrected chi connectivity index (χ0v) is 19.2. The number of pyridine rings is 2. The molecule has 8 heteroatoms. The first kappa shape index (κ1) is 20.4. The molecule has 2 aliphatic heterocycles. The number of nitrogens with one attached hydrogen (secondary N) is 1. The van der Waals surface area contributed by atoms with Gasteiger partial charge in [-0.15, -0.1) is 0 Å². The molecule has 1 spiro atoms. The van der Waals surface area contributed by atoms with Crippen LogP contribution in [0.1, 0.15) is 24.1 Å². The molecule has 2 aliphatic rings. The molecule has 5 heterocycles. The normalized spacial score (nSPS) is 17.7. The molecule has 0 aliphatic carbocycles. The number of aromatic nitrogens is 4. The highest BCUT2D eigenvalue weighted by molar-refractivity contribution is 7.96. The molecule has 0 atom stereocenters. The predicted octanol–water partition coefficient (Wildman–Crippen LogP) is 4.18. The Balaban J connectivity index is 1.45. The summed E-state index contributed by atoms with van der Waals surface area (Å²) in [5.74, 6) is 0.166. The number of carbonyl (C=O) groups excluding carboxylic acids is 1. The van der Waals surface area contributed by atoms with Crippen LogP contribution in [0.4, 0.5) is 5.69 Å². The van der Waals surface area contributed by atoms with Gasteiger partial charge >= 0.3 is 0 Å². The molecule has 1 fully saturated rings. The molecule has 1 aromatic carbocycles. The summed E-state index contributed by atoms with van der Waals surface area (Å²) in [5, 5.41) is 9.25. The van der Waals surface area contributed by atoms with Crippen molar-refractivity contribution in [1.82, 2.24) is 24.5 Å². The van der Waals surface area contributed by atoms with Crippen LogP contribution in [0.15, 0.2) is 61.3 Å². The molecule has 166 valence electrons. The third-order valence-corrected chi connectivity index (χ3v) is 7.95. The zero-order chi connectivity index (χ0) is 22.4. The van der Waals surface area contributed by atoms with E-state index in [1.807, 2.05) is 54.1 Å². The number of H-pyrrole nitrogens is 1. The standard InChI is InChI=1S/C25H24N6OS/c1-33-30-10-7-25(8-11-30)20-6-9-26-15-22(20)31(24(25)32)16-21-23(18-13-28-29-14-18)19-5-3-2-4-17(19)12-27-21/h2-6,9,12-15H,7-8,10-11,16H2,1H3,(H,28,29). The highest BCUT2D eigenvalue weighted by Gasteiger charge is 2.52. The fourth-order valence-corrected chi connectivity index (χ4v) is 5.91. The molecule has 3 aromatic heterocycles. The Morgan fingerprint density at radius 1 is 1.12 bits per heavy atom. The number of hydrogen-bond donors (Lipinski definition) is 1. The summed E-state index contributed by atoms with van der Waals surface area (Å²) in [4.78, 5) is 25.1. The largest absolute Gasteiger partial charge is 0.304 e. The van der Waals surface area contributed by atoms with E-state index in [9.17, 15) is 4.79 Å². The number of amides is 1. The third-order valence-electron chi connectivity index (χ3n) is 7.07. The number of carbonyl (C=O) groups is 1. The van der Waals surface area contributed by atoms with E-state index in [0.29, 0.717) is 6.54 Å². The van der Waals surface area contributed by atoms with E-state index in [-0.39, 0.29) is 5.91 Å². The third kappa shape index (κ3) is 3.16. The van der Waals surface area contributed by atoms with Crippen LogP contribution in [-0.2, 0) is 16.8 Å². The van der Waals surface area contributed by atoms with Gasteiger partial charge in [0.2, 0.25) is 5.91 Å². The SMILES string of the molecule is CSN1CCC2(CC1)C(=O)N(Cc1ncc3ccccc3c1-c1cn[nH]c1)c1cnccc12. The van der Waals surface area contributed by atoms with Crippen molar-refractivity contribution in [3.8, 4) is 11.1 Å². The van der Waals surface area contributed by atoms with Crippen molar-refractivity contribution < 1.29 is 4.79 Å². The number of nitrogens with zero attached hydrogens (tertiary/aromatic N) is 5. The van der Waals surface area contributed by atoms with Crippen molar-refractivity contribution in [3.63, 3.8) is 0 Å². The van der Waals surface area contributed by atoms with Crippen LogP contribution in [0.25, 0.3) is 21.9 Å². The summed E-state index contributed by atoms with van der Waals surface area (Å²) in [6.45, 7) is 2.20. The summed E-state index contributed by atoms with van der Waals surface area (Å²) < 4.78 is 2.34. The molecule has 1 N–H and O–H groups in total. The van der Waals surface area contributed by atoms with Crippen LogP contribution < -0.4 is 4.90 Å². The van der Waals surface area contributed by atoms with Gasteiger partial charge in [-0.05, 0) is 36.1 Å². The van der Waals surface area contributed by atoms with Crippen molar-refractivity contribution >= 4 is 34.3 Å².